The van der Waals surface area contributed by atoms with Crippen LogP contribution in [0.2, 0.25) is 0 Å². The van der Waals surface area contributed by atoms with E-state index >= 15 is 0 Å². The van der Waals surface area contributed by atoms with Gasteiger partial charge < -0.3 is 15.4 Å². The topological polar surface area (TPSA) is 53.6 Å². The summed E-state index contributed by atoms with van der Waals surface area (Å²) in [6, 6.07) is 0.701. The zero-order valence-corrected chi connectivity index (χ0v) is 12.6. The van der Waals surface area contributed by atoms with Gasteiger partial charge in [0, 0.05) is 38.1 Å². The molecule has 0 aliphatic carbocycles. The number of carbonyl (C=O) groups excluding carboxylic acids is 1. The SMILES string of the molecule is CC(C)NCCCC(=O)NC(C)CN1CCOCC1. The van der Waals surface area contributed by atoms with Gasteiger partial charge in [-0.2, -0.15) is 0 Å². The Hall–Kier alpha value is -0.650. The molecular weight excluding hydrogens is 242 g/mol. The van der Waals surface area contributed by atoms with Crippen molar-refractivity contribution >= 4 is 5.91 Å². The molecule has 1 saturated heterocycles. The summed E-state index contributed by atoms with van der Waals surface area (Å²) in [5.74, 6) is 0.159. The zero-order chi connectivity index (χ0) is 14.1. The van der Waals surface area contributed by atoms with Crippen LogP contribution in [-0.2, 0) is 9.53 Å². The fourth-order valence-electron chi connectivity index (χ4n) is 2.20. The summed E-state index contributed by atoms with van der Waals surface area (Å²) in [7, 11) is 0. The molecule has 0 aromatic rings. The van der Waals surface area contributed by atoms with Crippen LogP contribution in [0.15, 0.2) is 0 Å². The maximum Gasteiger partial charge on any atom is 0.220 e. The van der Waals surface area contributed by atoms with Gasteiger partial charge >= 0.3 is 0 Å². The summed E-state index contributed by atoms with van der Waals surface area (Å²) >= 11 is 0. The molecule has 0 aromatic carbocycles. The van der Waals surface area contributed by atoms with E-state index in [9.17, 15) is 4.79 Å². The first-order valence-corrected chi connectivity index (χ1v) is 7.40. The van der Waals surface area contributed by atoms with Gasteiger partial charge in [0.2, 0.25) is 5.91 Å². The molecule has 0 bridgehead atoms. The molecule has 0 saturated carbocycles. The first-order valence-electron chi connectivity index (χ1n) is 7.40. The molecule has 1 unspecified atom stereocenters. The molecule has 0 radical (unpaired) electrons. The van der Waals surface area contributed by atoms with Crippen molar-refractivity contribution in [3.63, 3.8) is 0 Å². The van der Waals surface area contributed by atoms with E-state index in [1.807, 2.05) is 0 Å². The molecule has 1 rings (SSSR count). The average molecular weight is 271 g/mol. The number of amides is 1. The molecular formula is C14H29N3O2. The van der Waals surface area contributed by atoms with Crippen LogP contribution in [0.4, 0.5) is 0 Å². The summed E-state index contributed by atoms with van der Waals surface area (Å²) in [6.07, 6.45) is 1.50. The van der Waals surface area contributed by atoms with Crippen molar-refractivity contribution in [3.05, 3.63) is 0 Å². The lowest BCUT2D eigenvalue weighted by Gasteiger charge is -2.29. The Kier molecular flexibility index (Phi) is 8.02. The Morgan fingerprint density at radius 3 is 2.58 bits per heavy atom. The maximum atomic E-state index is 11.8. The normalized spacial score (nSPS) is 18.5. The lowest BCUT2D eigenvalue weighted by Crippen LogP contribution is -2.46. The number of morpholine rings is 1. The molecule has 1 aliphatic heterocycles. The molecule has 19 heavy (non-hydrogen) atoms. The van der Waals surface area contributed by atoms with Crippen molar-refractivity contribution in [3.8, 4) is 0 Å². The minimum absolute atomic E-state index is 0.159. The third-order valence-electron chi connectivity index (χ3n) is 3.18. The van der Waals surface area contributed by atoms with Crippen LogP contribution in [0.25, 0.3) is 0 Å². The second-order valence-corrected chi connectivity index (χ2v) is 5.59. The summed E-state index contributed by atoms with van der Waals surface area (Å²) in [5, 5.41) is 6.38. The van der Waals surface area contributed by atoms with Crippen LogP contribution in [0, 0.1) is 0 Å². The van der Waals surface area contributed by atoms with Crippen LogP contribution in [0.3, 0.4) is 0 Å². The Balaban J connectivity index is 2.06. The van der Waals surface area contributed by atoms with Gasteiger partial charge in [-0.3, -0.25) is 9.69 Å². The fourth-order valence-corrected chi connectivity index (χ4v) is 2.20. The van der Waals surface area contributed by atoms with Gasteiger partial charge in [0.1, 0.15) is 0 Å². The van der Waals surface area contributed by atoms with E-state index in [4.69, 9.17) is 4.74 Å². The highest BCUT2D eigenvalue weighted by Gasteiger charge is 2.14. The van der Waals surface area contributed by atoms with Crippen molar-refractivity contribution in [2.75, 3.05) is 39.4 Å². The van der Waals surface area contributed by atoms with E-state index in [-0.39, 0.29) is 11.9 Å². The summed E-state index contributed by atoms with van der Waals surface area (Å²) in [4.78, 5) is 14.1. The van der Waals surface area contributed by atoms with Gasteiger partial charge in [-0.25, -0.2) is 0 Å². The predicted octanol–water partition coefficient (Wildman–Crippen LogP) is 0.602. The first kappa shape index (κ1) is 16.4. The quantitative estimate of drug-likeness (QED) is 0.635. The van der Waals surface area contributed by atoms with Gasteiger partial charge in [-0.15, -0.1) is 0 Å². The lowest BCUT2D eigenvalue weighted by atomic mass is 10.2. The Morgan fingerprint density at radius 1 is 1.26 bits per heavy atom. The van der Waals surface area contributed by atoms with Crippen molar-refractivity contribution < 1.29 is 9.53 Å². The van der Waals surface area contributed by atoms with E-state index < -0.39 is 0 Å². The smallest absolute Gasteiger partial charge is 0.220 e. The number of carbonyl (C=O) groups is 1. The number of hydrogen-bond donors (Lipinski definition) is 2. The van der Waals surface area contributed by atoms with E-state index in [0.717, 1.165) is 45.8 Å². The monoisotopic (exact) mass is 271 g/mol. The van der Waals surface area contributed by atoms with Crippen molar-refractivity contribution in [1.29, 1.82) is 0 Å². The molecule has 1 atom stereocenters. The van der Waals surface area contributed by atoms with Gasteiger partial charge in [0.05, 0.1) is 13.2 Å². The summed E-state index contributed by atoms with van der Waals surface area (Å²) in [5.41, 5.74) is 0. The fraction of sp³-hybridized carbons (Fsp3) is 0.929. The van der Waals surface area contributed by atoms with Gasteiger partial charge in [-0.1, -0.05) is 13.8 Å². The summed E-state index contributed by atoms with van der Waals surface area (Å²) < 4.78 is 5.31. The van der Waals surface area contributed by atoms with E-state index in [2.05, 4.69) is 36.3 Å². The highest BCUT2D eigenvalue weighted by atomic mass is 16.5. The van der Waals surface area contributed by atoms with E-state index in [0.29, 0.717) is 12.5 Å². The van der Waals surface area contributed by atoms with Crippen LogP contribution >= 0.6 is 0 Å². The van der Waals surface area contributed by atoms with Gasteiger partial charge in [0.25, 0.3) is 0 Å². The molecule has 1 amide bonds. The predicted molar refractivity (Wildman–Crippen MR) is 77.2 cm³/mol. The van der Waals surface area contributed by atoms with Gasteiger partial charge in [-0.05, 0) is 19.9 Å². The van der Waals surface area contributed by atoms with Gasteiger partial charge in [0.15, 0.2) is 0 Å². The Morgan fingerprint density at radius 2 is 1.95 bits per heavy atom. The zero-order valence-electron chi connectivity index (χ0n) is 12.6. The molecule has 1 heterocycles. The first-order chi connectivity index (χ1) is 9.08. The minimum atomic E-state index is 0.159. The molecule has 1 fully saturated rings. The minimum Gasteiger partial charge on any atom is -0.379 e. The van der Waals surface area contributed by atoms with E-state index in [1.54, 1.807) is 0 Å². The maximum absolute atomic E-state index is 11.8. The lowest BCUT2D eigenvalue weighted by molar-refractivity contribution is -0.121. The molecule has 112 valence electrons. The second-order valence-electron chi connectivity index (χ2n) is 5.59. The standard InChI is InChI=1S/C14H29N3O2/c1-12(2)15-6-4-5-14(18)16-13(3)11-17-7-9-19-10-8-17/h12-13,15H,4-11H2,1-3H3,(H,16,18). The average Bonchev–Trinajstić information content (AvgIpc) is 2.35. The van der Waals surface area contributed by atoms with Crippen LogP contribution < -0.4 is 10.6 Å². The summed E-state index contributed by atoms with van der Waals surface area (Å²) in [6.45, 7) is 11.7. The van der Waals surface area contributed by atoms with E-state index in [1.165, 1.54) is 0 Å². The van der Waals surface area contributed by atoms with Crippen LogP contribution in [-0.4, -0.2) is 62.3 Å². The highest BCUT2D eigenvalue weighted by molar-refractivity contribution is 5.76. The number of ether oxygens (including phenoxy) is 1. The molecule has 0 aromatic heterocycles. The number of nitrogens with zero attached hydrogens (tertiary/aromatic N) is 1. The molecule has 5 nitrogen and oxygen atoms in total. The second kappa shape index (κ2) is 9.28. The van der Waals surface area contributed by atoms with Crippen molar-refractivity contribution in [1.82, 2.24) is 15.5 Å². The van der Waals surface area contributed by atoms with Crippen molar-refractivity contribution in [2.24, 2.45) is 0 Å². The van der Waals surface area contributed by atoms with Crippen LogP contribution in [0.5, 0.6) is 0 Å². The largest absolute Gasteiger partial charge is 0.379 e. The van der Waals surface area contributed by atoms with Crippen molar-refractivity contribution in [2.45, 2.75) is 45.7 Å². The molecule has 5 heteroatoms. The molecule has 2 N–H and O–H groups in total. The number of nitrogens with one attached hydrogen (secondary N) is 2. The molecule has 1 aliphatic rings. The third-order valence-corrected chi connectivity index (χ3v) is 3.18. The highest BCUT2D eigenvalue weighted by Crippen LogP contribution is 1.99. The Bertz CT molecular complexity index is 253. The Labute approximate surface area is 117 Å². The van der Waals surface area contributed by atoms with Crippen LogP contribution in [0.1, 0.15) is 33.6 Å². The number of rotatable bonds is 8. The number of hydrogen-bond acceptors (Lipinski definition) is 4. The molecule has 0 spiro atoms. The third kappa shape index (κ3) is 8.18.